The van der Waals surface area contributed by atoms with Crippen LogP contribution in [0.25, 0.3) is 0 Å². The number of allylic oxidation sites excluding steroid dienone is 1. The van der Waals surface area contributed by atoms with Crippen LogP contribution >= 0.6 is 22.6 Å². The van der Waals surface area contributed by atoms with Gasteiger partial charge in [-0.3, -0.25) is 4.79 Å². The van der Waals surface area contributed by atoms with E-state index >= 15 is 0 Å². The largest absolute Gasteiger partial charge is 0.361 e. The average molecular weight is 349 g/mol. The Balaban J connectivity index is 2.01. The summed E-state index contributed by atoms with van der Waals surface area (Å²) in [7, 11) is 0. The molecule has 0 aliphatic rings. The van der Waals surface area contributed by atoms with E-state index in [1.807, 2.05) is 42.5 Å². The number of carbonyl (C=O) groups excluding carboxylic acids is 1. The van der Waals surface area contributed by atoms with Gasteiger partial charge in [0.15, 0.2) is 5.78 Å². The Hall–Kier alpha value is -1.62. The van der Waals surface area contributed by atoms with Gasteiger partial charge < -0.3 is 5.32 Å². The molecule has 1 N–H and O–H groups in total. The molecule has 0 radical (unpaired) electrons. The monoisotopic (exact) mass is 349 g/mol. The Bertz CT molecular complexity index is 564. The van der Waals surface area contributed by atoms with E-state index in [1.54, 1.807) is 24.4 Å². The molecule has 2 rings (SSSR count). The molecule has 2 nitrogen and oxygen atoms in total. The number of anilines is 1. The Morgan fingerprint density at radius 2 is 1.67 bits per heavy atom. The summed E-state index contributed by atoms with van der Waals surface area (Å²) >= 11 is 2.25. The van der Waals surface area contributed by atoms with E-state index in [0.717, 1.165) is 9.26 Å². The highest BCUT2D eigenvalue weighted by molar-refractivity contribution is 14.1. The summed E-state index contributed by atoms with van der Waals surface area (Å²) in [5.41, 5.74) is 1.69. The second kappa shape index (κ2) is 6.35. The number of hydrogen-bond acceptors (Lipinski definition) is 2. The molecule has 0 saturated carbocycles. The number of ketones is 1. The Morgan fingerprint density at radius 3 is 2.39 bits per heavy atom. The highest BCUT2D eigenvalue weighted by Crippen LogP contribution is 2.16. The molecule has 0 aromatic heterocycles. The minimum atomic E-state index is -0.00552. The first-order valence-electron chi connectivity index (χ1n) is 5.54. The average Bonchev–Trinajstić information content (AvgIpc) is 2.42. The van der Waals surface area contributed by atoms with Crippen LogP contribution in [0, 0.1) is 3.57 Å². The summed E-state index contributed by atoms with van der Waals surface area (Å²) in [6, 6.07) is 17.1. The van der Waals surface area contributed by atoms with Gasteiger partial charge >= 0.3 is 0 Å². The Labute approximate surface area is 120 Å². The summed E-state index contributed by atoms with van der Waals surface area (Å²) in [4.78, 5) is 11.8. The van der Waals surface area contributed by atoms with Crippen molar-refractivity contribution in [3.05, 3.63) is 76.0 Å². The van der Waals surface area contributed by atoms with Gasteiger partial charge in [0.05, 0.1) is 5.69 Å². The second-order valence-electron chi connectivity index (χ2n) is 3.69. The standard InChI is InChI=1S/C15H12INO/c16-13-8-4-5-9-14(13)17-11-10-15(18)12-6-2-1-3-7-12/h1-11,17H. The lowest BCUT2D eigenvalue weighted by molar-refractivity contribution is 0.104. The lowest BCUT2D eigenvalue weighted by Crippen LogP contribution is -1.96. The van der Waals surface area contributed by atoms with E-state index in [2.05, 4.69) is 27.9 Å². The molecular formula is C15H12INO. The molecule has 0 fully saturated rings. The summed E-state index contributed by atoms with van der Waals surface area (Å²) < 4.78 is 1.12. The Morgan fingerprint density at radius 1 is 1.00 bits per heavy atom. The maximum Gasteiger partial charge on any atom is 0.187 e. The normalized spacial score (nSPS) is 10.5. The van der Waals surface area contributed by atoms with Crippen LogP contribution in [0.15, 0.2) is 66.9 Å². The molecule has 18 heavy (non-hydrogen) atoms. The van der Waals surface area contributed by atoms with Gasteiger partial charge in [-0.1, -0.05) is 42.5 Å². The van der Waals surface area contributed by atoms with Gasteiger partial charge in [-0.05, 0) is 34.7 Å². The smallest absolute Gasteiger partial charge is 0.187 e. The van der Waals surface area contributed by atoms with Crippen LogP contribution < -0.4 is 5.32 Å². The number of carbonyl (C=O) groups is 1. The third kappa shape index (κ3) is 3.43. The fraction of sp³-hybridized carbons (Fsp3) is 0. The van der Waals surface area contributed by atoms with E-state index in [0.29, 0.717) is 5.56 Å². The van der Waals surface area contributed by atoms with Gasteiger partial charge in [0, 0.05) is 21.4 Å². The predicted molar refractivity (Wildman–Crippen MR) is 82.7 cm³/mol. The Kier molecular flexibility index (Phi) is 4.52. The fourth-order valence-electron chi connectivity index (χ4n) is 1.48. The van der Waals surface area contributed by atoms with Crippen molar-refractivity contribution in [3.63, 3.8) is 0 Å². The number of benzene rings is 2. The molecule has 0 bridgehead atoms. The predicted octanol–water partition coefficient (Wildman–Crippen LogP) is 4.10. The highest BCUT2D eigenvalue weighted by atomic mass is 127. The molecule has 0 amide bonds. The molecule has 0 heterocycles. The van der Waals surface area contributed by atoms with Gasteiger partial charge in [0.1, 0.15) is 0 Å². The minimum Gasteiger partial charge on any atom is -0.361 e. The minimum absolute atomic E-state index is 0.00552. The molecule has 0 saturated heterocycles. The van der Waals surface area contributed by atoms with Gasteiger partial charge in [-0.2, -0.15) is 0 Å². The van der Waals surface area contributed by atoms with Crippen LogP contribution in [0.4, 0.5) is 5.69 Å². The quantitative estimate of drug-likeness (QED) is 0.512. The lowest BCUT2D eigenvalue weighted by atomic mass is 10.1. The number of para-hydroxylation sites is 1. The number of halogens is 1. The lowest BCUT2D eigenvalue weighted by Gasteiger charge is -2.02. The van der Waals surface area contributed by atoms with Crippen LogP contribution in [0.2, 0.25) is 0 Å². The number of rotatable bonds is 4. The SMILES string of the molecule is O=C(C=CNc1ccccc1I)c1ccccc1. The summed E-state index contributed by atoms with van der Waals surface area (Å²) in [5.74, 6) is -0.00552. The first kappa shape index (κ1) is 12.8. The van der Waals surface area contributed by atoms with Gasteiger partial charge in [-0.25, -0.2) is 0 Å². The molecule has 2 aromatic rings. The molecule has 0 aliphatic carbocycles. The highest BCUT2D eigenvalue weighted by Gasteiger charge is 1.99. The van der Waals surface area contributed by atoms with Crippen LogP contribution in [0.5, 0.6) is 0 Å². The van der Waals surface area contributed by atoms with E-state index in [-0.39, 0.29) is 5.78 Å². The van der Waals surface area contributed by atoms with Gasteiger partial charge in [-0.15, -0.1) is 0 Å². The van der Waals surface area contributed by atoms with Crippen molar-refractivity contribution in [1.82, 2.24) is 0 Å². The van der Waals surface area contributed by atoms with E-state index < -0.39 is 0 Å². The second-order valence-corrected chi connectivity index (χ2v) is 4.85. The molecule has 3 heteroatoms. The zero-order chi connectivity index (χ0) is 12.8. The van der Waals surface area contributed by atoms with Gasteiger partial charge in [0.2, 0.25) is 0 Å². The van der Waals surface area contributed by atoms with Crippen molar-refractivity contribution in [2.24, 2.45) is 0 Å². The van der Waals surface area contributed by atoms with Crippen molar-refractivity contribution in [1.29, 1.82) is 0 Å². The molecule has 90 valence electrons. The van der Waals surface area contributed by atoms with Crippen LogP contribution in [-0.4, -0.2) is 5.78 Å². The molecule has 2 aromatic carbocycles. The van der Waals surface area contributed by atoms with Crippen molar-refractivity contribution >= 4 is 34.1 Å². The van der Waals surface area contributed by atoms with Crippen LogP contribution in [0.3, 0.4) is 0 Å². The summed E-state index contributed by atoms with van der Waals surface area (Å²) in [6.07, 6.45) is 3.21. The first-order chi connectivity index (χ1) is 8.77. The zero-order valence-corrected chi connectivity index (χ0v) is 11.8. The maximum absolute atomic E-state index is 11.8. The number of nitrogens with one attached hydrogen (secondary N) is 1. The van der Waals surface area contributed by atoms with Gasteiger partial charge in [0.25, 0.3) is 0 Å². The number of hydrogen-bond donors (Lipinski definition) is 1. The third-order valence-electron chi connectivity index (χ3n) is 2.41. The van der Waals surface area contributed by atoms with E-state index in [1.165, 1.54) is 0 Å². The van der Waals surface area contributed by atoms with E-state index in [4.69, 9.17) is 0 Å². The van der Waals surface area contributed by atoms with E-state index in [9.17, 15) is 4.79 Å². The van der Waals surface area contributed by atoms with Crippen molar-refractivity contribution in [3.8, 4) is 0 Å². The zero-order valence-electron chi connectivity index (χ0n) is 9.64. The molecule has 0 unspecified atom stereocenters. The van der Waals surface area contributed by atoms with Crippen molar-refractivity contribution in [2.75, 3.05) is 5.32 Å². The van der Waals surface area contributed by atoms with Crippen molar-refractivity contribution < 1.29 is 4.79 Å². The molecular weight excluding hydrogens is 337 g/mol. The van der Waals surface area contributed by atoms with Crippen LogP contribution in [-0.2, 0) is 0 Å². The van der Waals surface area contributed by atoms with Crippen LogP contribution in [0.1, 0.15) is 10.4 Å². The van der Waals surface area contributed by atoms with Crippen molar-refractivity contribution in [2.45, 2.75) is 0 Å². The topological polar surface area (TPSA) is 29.1 Å². The summed E-state index contributed by atoms with van der Waals surface area (Å²) in [5, 5.41) is 3.10. The molecule has 0 aliphatic heterocycles. The summed E-state index contributed by atoms with van der Waals surface area (Å²) in [6.45, 7) is 0. The maximum atomic E-state index is 11.8. The molecule has 0 spiro atoms. The third-order valence-corrected chi connectivity index (χ3v) is 3.35. The fourth-order valence-corrected chi connectivity index (χ4v) is 2.03. The first-order valence-corrected chi connectivity index (χ1v) is 6.62. The molecule has 0 atom stereocenters.